The Labute approximate surface area is 112 Å². The van der Waals surface area contributed by atoms with E-state index in [0.717, 1.165) is 25.1 Å². The van der Waals surface area contributed by atoms with Crippen molar-refractivity contribution in [2.24, 2.45) is 0 Å². The van der Waals surface area contributed by atoms with Crippen molar-refractivity contribution in [3.05, 3.63) is 42.5 Å². The van der Waals surface area contributed by atoms with Gasteiger partial charge >= 0.3 is 5.97 Å². The van der Waals surface area contributed by atoms with Crippen LogP contribution in [0, 0.1) is 11.3 Å². The fourth-order valence-electron chi connectivity index (χ4n) is 2.31. The second-order valence-corrected chi connectivity index (χ2v) is 4.48. The molecule has 1 heterocycles. The smallest absolute Gasteiger partial charge is 0.330 e. The van der Waals surface area contributed by atoms with Gasteiger partial charge in [-0.05, 0) is 37.1 Å². The maximum absolute atomic E-state index is 11.1. The first kappa shape index (κ1) is 13.2. The number of rotatable bonds is 4. The highest BCUT2D eigenvalue weighted by atomic mass is 16.5. The van der Waals surface area contributed by atoms with E-state index < -0.39 is 0 Å². The number of carbonyl (C=O) groups excluding carboxylic acids is 1. The number of hydrogen-bond donors (Lipinski definition) is 0. The van der Waals surface area contributed by atoms with Crippen LogP contribution < -0.4 is 4.90 Å². The Kier molecular flexibility index (Phi) is 4.19. The van der Waals surface area contributed by atoms with E-state index in [-0.39, 0.29) is 12.0 Å². The lowest BCUT2D eigenvalue weighted by atomic mass is 10.2. The first-order chi connectivity index (χ1) is 9.24. The molecule has 1 fully saturated rings. The van der Waals surface area contributed by atoms with Crippen molar-refractivity contribution in [1.29, 1.82) is 5.26 Å². The molecule has 19 heavy (non-hydrogen) atoms. The maximum atomic E-state index is 11.1. The number of carbonyl (C=O) groups is 1. The molecular formula is C15H16N2O2. The molecule has 1 unspecified atom stereocenters. The van der Waals surface area contributed by atoms with E-state index in [9.17, 15) is 4.79 Å². The first-order valence-corrected chi connectivity index (χ1v) is 6.30. The zero-order valence-corrected chi connectivity index (χ0v) is 10.7. The average Bonchev–Trinajstić information content (AvgIpc) is 2.93. The van der Waals surface area contributed by atoms with Crippen molar-refractivity contribution in [3.8, 4) is 6.07 Å². The van der Waals surface area contributed by atoms with Gasteiger partial charge < -0.3 is 9.64 Å². The molecule has 1 aromatic rings. The summed E-state index contributed by atoms with van der Waals surface area (Å²) in [5.74, 6) is -0.383. The fourth-order valence-corrected chi connectivity index (χ4v) is 2.31. The molecule has 0 spiro atoms. The molecule has 0 saturated carbocycles. The highest BCUT2D eigenvalue weighted by Gasteiger charge is 2.25. The van der Waals surface area contributed by atoms with Crippen LogP contribution in [0.15, 0.2) is 36.9 Å². The molecule has 0 aromatic heterocycles. The van der Waals surface area contributed by atoms with Crippen LogP contribution in [-0.4, -0.2) is 25.2 Å². The lowest BCUT2D eigenvalue weighted by molar-refractivity contribution is -0.138. The van der Waals surface area contributed by atoms with E-state index in [4.69, 9.17) is 10.00 Å². The second kappa shape index (κ2) is 6.05. The fraction of sp³-hybridized carbons (Fsp3) is 0.333. The number of benzene rings is 1. The summed E-state index contributed by atoms with van der Waals surface area (Å²) in [6, 6.07) is 9.80. The van der Waals surface area contributed by atoms with Crippen molar-refractivity contribution < 1.29 is 9.53 Å². The van der Waals surface area contributed by atoms with E-state index >= 15 is 0 Å². The van der Waals surface area contributed by atoms with Crippen LogP contribution in [-0.2, 0) is 9.53 Å². The largest absolute Gasteiger partial charge is 0.460 e. The minimum absolute atomic E-state index is 0.205. The summed E-state index contributed by atoms with van der Waals surface area (Å²) in [6.45, 7) is 4.71. The Bertz CT molecular complexity index is 502. The van der Waals surface area contributed by atoms with Gasteiger partial charge in [0.2, 0.25) is 0 Å². The third-order valence-electron chi connectivity index (χ3n) is 3.29. The van der Waals surface area contributed by atoms with E-state index in [0.29, 0.717) is 12.2 Å². The van der Waals surface area contributed by atoms with Gasteiger partial charge in [-0.3, -0.25) is 0 Å². The van der Waals surface area contributed by atoms with Gasteiger partial charge in [0.1, 0.15) is 6.61 Å². The van der Waals surface area contributed by atoms with E-state index in [1.54, 1.807) is 12.1 Å². The molecule has 1 aromatic carbocycles. The Morgan fingerprint density at radius 3 is 2.89 bits per heavy atom. The minimum atomic E-state index is -0.383. The molecule has 0 aliphatic carbocycles. The lowest BCUT2D eigenvalue weighted by Gasteiger charge is -2.26. The molecule has 4 heteroatoms. The van der Waals surface area contributed by atoms with Gasteiger partial charge in [-0.25, -0.2) is 4.79 Å². The number of nitrogens with zero attached hydrogens (tertiary/aromatic N) is 2. The number of ether oxygens (including phenoxy) is 1. The standard InChI is InChI=1S/C15H16N2O2/c1-2-15(18)19-11-14-4-3-9-17(14)13-7-5-12(10-16)6-8-13/h2,5-8,14H,1,3-4,9,11H2. The molecule has 98 valence electrons. The molecule has 1 saturated heterocycles. The maximum Gasteiger partial charge on any atom is 0.330 e. The van der Waals surface area contributed by atoms with Gasteiger partial charge in [0, 0.05) is 18.3 Å². The van der Waals surface area contributed by atoms with Crippen molar-refractivity contribution in [3.63, 3.8) is 0 Å². The molecular weight excluding hydrogens is 240 g/mol. The second-order valence-electron chi connectivity index (χ2n) is 4.48. The van der Waals surface area contributed by atoms with Crippen molar-refractivity contribution >= 4 is 11.7 Å². The number of esters is 1. The molecule has 1 atom stereocenters. The van der Waals surface area contributed by atoms with Crippen molar-refractivity contribution in [2.45, 2.75) is 18.9 Å². The monoisotopic (exact) mass is 256 g/mol. The summed E-state index contributed by atoms with van der Waals surface area (Å²) < 4.78 is 5.12. The predicted octanol–water partition coefficient (Wildman–Crippen LogP) is 2.26. The molecule has 4 nitrogen and oxygen atoms in total. The Morgan fingerprint density at radius 2 is 2.26 bits per heavy atom. The lowest BCUT2D eigenvalue weighted by Crippen LogP contribution is -2.33. The minimum Gasteiger partial charge on any atom is -0.460 e. The SMILES string of the molecule is C=CC(=O)OCC1CCCN1c1ccc(C#N)cc1. The van der Waals surface area contributed by atoms with Gasteiger partial charge in [-0.1, -0.05) is 6.58 Å². The topological polar surface area (TPSA) is 53.3 Å². The van der Waals surface area contributed by atoms with Gasteiger partial charge in [0.25, 0.3) is 0 Å². The van der Waals surface area contributed by atoms with Crippen LogP contribution in [0.3, 0.4) is 0 Å². The van der Waals surface area contributed by atoms with Crippen LogP contribution in [0.4, 0.5) is 5.69 Å². The summed E-state index contributed by atoms with van der Waals surface area (Å²) in [7, 11) is 0. The van der Waals surface area contributed by atoms with Crippen LogP contribution in [0.5, 0.6) is 0 Å². The zero-order valence-electron chi connectivity index (χ0n) is 10.7. The number of anilines is 1. The summed E-state index contributed by atoms with van der Waals surface area (Å²) in [4.78, 5) is 13.3. The number of nitriles is 1. The van der Waals surface area contributed by atoms with Crippen LogP contribution in [0.25, 0.3) is 0 Å². The number of hydrogen-bond acceptors (Lipinski definition) is 4. The highest BCUT2D eigenvalue weighted by Crippen LogP contribution is 2.25. The Balaban J connectivity index is 2.03. The van der Waals surface area contributed by atoms with Gasteiger partial charge in [-0.2, -0.15) is 5.26 Å². The van der Waals surface area contributed by atoms with Gasteiger partial charge in [0.05, 0.1) is 17.7 Å². The van der Waals surface area contributed by atoms with Crippen LogP contribution >= 0.6 is 0 Å². The summed E-state index contributed by atoms with van der Waals surface area (Å²) in [5, 5.41) is 8.79. The highest BCUT2D eigenvalue weighted by molar-refractivity contribution is 5.81. The quantitative estimate of drug-likeness (QED) is 0.612. The van der Waals surface area contributed by atoms with E-state index in [1.807, 2.05) is 12.1 Å². The molecule has 1 aliphatic heterocycles. The Hall–Kier alpha value is -2.28. The normalized spacial score (nSPS) is 17.8. The summed E-state index contributed by atoms with van der Waals surface area (Å²) >= 11 is 0. The van der Waals surface area contributed by atoms with Gasteiger partial charge in [0.15, 0.2) is 0 Å². The molecule has 0 amide bonds. The van der Waals surface area contributed by atoms with E-state index in [2.05, 4.69) is 17.5 Å². The molecule has 0 radical (unpaired) electrons. The average molecular weight is 256 g/mol. The van der Waals surface area contributed by atoms with Crippen molar-refractivity contribution in [1.82, 2.24) is 0 Å². The molecule has 2 rings (SSSR count). The van der Waals surface area contributed by atoms with Crippen molar-refractivity contribution in [2.75, 3.05) is 18.1 Å². The molecule has 1 aliphatic rings. The van der Waals surface area contributed by atoms with Crippen LogP contribution in [0.2, 0.25) is 0 Å². The summed E-state index contributed by atoms with van der Waals surface area (Å²) in [6.07, 6.45) is 3.27. The van der Waals surface area contributed by atoms with Gasteiger partial charge in [-0.15, -0.1) is 0 Å². The zero-order chi connectivity index (χ0) is 13.7. The predicted molar refractivity (Wildman–Crippen MR) is 72.7 cm³/mol. The third kappa shape index (κ3) is 3.14. The van der Waals surface area contributed by atoms with Crippen LogP contribution in [0.1, 0.15) is 18.4 Å². The van der Waals surface area contributed by atoms with E-state index in [1.165, 1.54) is 6.08 Å². The third-order valence-corrected chi connectivity index (χ3v) is 3.29. The summed E-state index contributed by atoms with van der Waals surface area (Å²) in [5.41, 5.74) is 1.72. The molecule has 0 N–H and O–H groups in total. The Morgan fingerprint density at radius 1 is 1.53 bits per heavy atom. The first-order valence-electron chi connectivity index (χ1n) is 6.30. The molecule has 0 bridgehead atoms.